The average molecular weight is 396 g/mol. The van der Waals surface area contributed by atoms with Gasteiger partial charge in [-0.25, -0.2) is 4.98 Å². The molecule has 0 spiro atoms. The minimum atomic E-state index is 0.184. The van der Waals surface area contributed by atoms with Crippen LogP contribution < -0.4 is 0 Å². The third kappa shape index (κ3) is 3.92. The average Bonchev–Trinajstić information content (AvgIpc) is 3.31. The van der Waals surface area contributed by atoms with Crippen molar-refractivity contribution in [3.63, 3.8) is 0 Å². The van der Waals surface area contributed by atoms with Gasteiger partial charge in [-0.1, -0.05) is 28.9 Å². The van der Waals surface area contributed by atoms with Gasteiger partial charge in [-0.05, 0) is 55.0 Å². The fourth-order valence-electron chi connectivity index (χ4n) is 2.48. The molecule has 0 aliphatic heterocycles. The van der Waals surface area contributed by atoms with Gasteiger partial charge in [0.15, 0.2) is 0 Å². The summed E-state index contributed by atoms with van der Waals surface area (Å²) >= 11 is 7.49. The van der Waals surface area contributed by atoms with E-state index >= 15 is 0 Å². The Hall–Kier alpha value is -2.96. The third-order valence-corrected chi connectivity index (χ3v) is 5.06. The quantitative estimate of drug-likeness (QED) is 0.497. The molecule has 2 aromatic heterocycles. The fourth-order valence-corrected chi connectivity index (χ4v) is 3.41. The van der Waals surface area contributed by atoms with Crippen molar-refractivity contribution in [2.24, 2.45) is 0 Å². The summed E-state index contributed by atoms with van der Waals surface area (Å²) in [6.07, 6.45) is 1.95. The fraction of sp³-hybridized carbons (Fsp3) is 0.0500. The highest BCUT2D eigenvalue weighted by molar-refractivity contribution is 7.11. The molecule has 0 radical (unpaired) electrons. The second-order valence-electron chi connectivity index (χ2n) is 5.87. The Bertz CT molecular complexity index is 1100. The lowest BCUT2D eigenvalue weighted by molar-refractivity contribution is 0.409. The zero-order valence-corrected chi connectivity index (χ0v) is 15.8. The van der Waals surface area contributed by atoms with Gasteiger partial charge in [0, 0.05) is 21.7 Å². The van der Waals surface area contributed by atoms with Crippen LogP contribution in [0.3, 0.4) is 0 Å². The minimum absolute atomic E-state index is 0.184. The number of phenols is 1. The highest BCUT2D eigenvalue weighted by atomic mass is 35.5. The predicted octanol–water partition coefficient (Wildman–Crippen LogP) is 5.45. The summed E-state index contributed by atoms with van der Waals surface area (Å²) in [7, 11) is 0. The van der Waals surface area contributed by atoms with Crippen LogP contribution >= 0.6 is 22.9 Å². The number of hydrogen-bond donors (Lipinski definition) is 1. The number of aromatic hydroxyl groups is 1. The van der Waals surface area contributed by atoms with Crippen molar-refractivity contribution in [1.82, 2.24) is 15.1 Å². The monoisotopic (exact) mass is 395 g/mol. The van der Waals surface area contributed by atoms with E-state index in [0.29, 0.717) is 16.7 Å². The molecule has 4 aromatic rings. The lowest BCUT2D eigenvalue weighted by Crippen LogP contribution is -1.89. The minimum Gasteiger partial charge on any atom is -0.508 e. The summed E-state index contributed by atoms with van der Waals surface area (Å²) in [6, 6.07) is 14.1. The highest BCUT2D eigenvalue weighted by Crippen LogP contribution is 2.29. The van der Waals surface area contributed by atoms with E-state index < -0.39 is 0 Å². The Morgan fingerprint density at radius 2 is 1.81 bits per heavy atom. The molecule has 7 heteroatoms. The van der Waals surface area contributed by atoms with Crippen LogP contribution in [0.1, 0.15) is 22.2 Å². The summed E-state index contributed by atoms with van der Waals surface area (Å²) in [5, 5.41) is 17.0. The highest BCUT2D eigenvalue weighted by Gasteiger charge is 2.17. The number of hydrogen-bond acceptors (Lipinski definition) is 6. The number of benzene rings is 2. The Balaban J connectivity index is 1.77. The SMILES string of the molecule is Cc1csc(/C(=C\c2ccc(Cl)cc2)c2nc(-c3ccc(O)cc3)no2)n1. The summed E-state index contributed by atoms with van der Waals surface area (Å²) in [4.78, 5) is 9.08. The van der Waals surface area contributed by atoms with Crippen LogP contribution in [0.2, 0.25) is 5.02 Å². The van der Waals surface area contributed by atoms with Gasteiger partial charge in [0.25, 0.3) is 5.89 Å². The van der Waals surface area contributed by atoms with Crippen LogP contribution in [0.25, 0.3) is 23.0 Å². The maximum Gasteiger partial charge on any atom is 0.261 e. The van der Waals surface area contributed by atoms with Crippen LogP contribution in [0.15, 0.2) is 58.4 Å². The van der Waals surface area contributed by atoms with Crippen molar-refractivity contribution in [2.75, 3.05) is 0 Å². The Morgan fingerprint density at radius 1 is 1.07 bits per heavy atom. The van der Waals surface area contributed by atoms with Gasteiger partial charge in [0.2, 0.25) is 5.82 Å². The molecule has 0 saturated heterocycles. The molecule has 1 N–H and O–H groups in total. The first-order valence-corrected chi connectivity index (χ1v) is 9.37. The molecule has 0 unspecified atom stereocenters. The second-order valence-corrected chi connectivity index (χ2v) is 7.17. The molecule has 2 aromatic carbocycles. The summed E-state index contributed by atoms with van der Waals surface area (Å²) in [5.74, 6) is 1.01. The molecule has 0 atom stereocenters. The van der Waals surface area contributed by atoms with Gasteiger partial charge in [-0.3, -0.25) is 0 Å². The van der Waals surface area contributed by atoms with Crippen LogP contribution in [0.5, 0.6) is 5.75 Å². The first-order valence-electron chi connectivity index (χ1n) is 8.12. The van der Waals surface area contributed by atoms with E-state index in [2.05, 4.69) is 15.1 Å². The molecule has 2 heterocycles. The number of rotatable bonds is 4. The summed E-state index contributed by atoms with van der Waals surface area (Å²) < 4.78 is 5.52. The lowest BCUT2D eigenvalue weighted by Gasteiger charge is -2.00. The van der Waals surface area contributed by atoms with E-state index in [1.165, 1.54) is 11.3 Å². The number of thiazole rings is 1. The Kier molecular flexibility index (Phi) is 4.75. The zero-order chi connectivity index (χ0) is 18.8. The predicted molar refractivity (Wildman–Crippen MR) is 107 cm³/mol. The molecule has 4 rings (SSSR count). The Morgan fingerprint density at radius 3 is 2.48 bits per heavy atom. The van der Waals surface area contributed by atoms with Crippen LogP contribution in [-0.4, -0.2) is 20.2 Å². The smallest absolute Gasteiger partial charge is 0.261 e. The molecule has 5 nitrogen and oxygen atoms in total. The molecule has 0 aliphatic rings. The molecular formula is C20H14ClN3O2S. The van der Waals surface area contributed by atoms with Crippen molar-refractivity contribution < 1.29 is 9.63 Å². The van der Waals surface area contributed by atoms with Gasteiger partial charge in [-0.15, -0.1) is 11.3 Å². The molecule has 27 heavy (non-hydrogen) atoms. The standard InChI is InChI=1S/C20H14ClN3O2S/c1-12-11-27-20(22-12)17(10-13-2-6-15(21)7-3-13)19-23-18(24-26-19)14-4-8-16(25)9-5-14/h2-11,25H,1H3/b17-10-. The van der Waals surface area contributed by atoms with E-state index in [0.717, 1.165) is 27.4 Å². The van der Waals surface area contributed by atoms with E-state index in [1.54, 1.807) is 24.3 Å². The molecule has 0 saturated carbocycles. The van der Waals surface area contributed by atoms with Crippen LogP contribution in [0.4, 0.5) is 0 Å². The van der Waals surface area contributed by atoms with E-state index in [9.17, 15) is 5.11 Å². The van der Waals surface area contributed by atoms with Crippen molar-refractivity contribution >= 4 is 34.6 Å². The van der Waals surface area contributed by atoms with Crippen molar-refractivity contribution in [2.45, 2.75) is 6.92 Å². The zero-order valence-electron chi connectivity index (χ0n) is 14.3. The van der Waals surface area contributed by atoms with E-state index in [1.807, 2.05) is 42.6 Å². The van der Waals surface area contributed by atoms with Crippen molar-refractivity contribution in [1.29, 1.82) is 0 Å². The molecule has 0 aliphatic carbocycles. The van der Waals surface area contributed by atoms with Crippen LogP contribution in [-0.2, 0) is 0 Å². The first kappa shape index (κ1) is 17.5. The molecule has 0 amide bonds. The van der Waals surface area contributed by atoms with Crippen molar-refractivity contribution in [3.05, 3.63) is 81.1 Å². The van der Waals surface area contributed by atoms with Gasteiger partial charge in [-0.2, -0.15) is 4.98 Å². The summed E-state index contributed by atoms with van der Waals surface area (Å²) in [6.45, 7) is 1.94. The second kappa shape index (κ2) is 7.34. The summed E-state index contributed by atoms with van der Waals surface area (Å²) in [5.41, 5.74) is 3.37. The van der Waals surface area contributed by atoms with Gasteiger partial charge < -0.3 is 9.63 Å². The maximum atomic E-state index is 9.44. The van der Waals surface area contributed by atoms with Gasteiger partial charge in [0.05, 0.1) is 5.57 Å². The molecule has 0 fully saturated rings. The van der Waals surface area contributed by atoms with E-state index in [4.69, 9.17) is 16.1 Å². The van der Waals surface area contributed by atoms with Gasteiger partial charge >= 0.3 is 0 Å². The lowest BCUT2D eigenvalue weighted by atomic mass is 10.1. The topological polar surface area (TPSA) is 72.0 Å². The number of aromatic nitrogens is 3. The van der Waals surface area contributed by atoms with Gasteiger partial charge in [0.1, 0.15) is 10.8 Å². The first-order chi connectivity index (χ1) is 13.1. The number of nitrogens with zero attached hydrogens (tertiary/aromatic N) is 3. The number of phenolic OH excluding ortho intramolecular Hbond substituents is 1. The largest absolute Gasteiger partial charge is 0.508 e. The molecule has 134 valence electrons. The molecule has 0 bridgehead atoms. The normalized spacial score (nSPS) is 11.7. The van der Waals surface area contributed by atoms with Crippen LogP contribution in [0, 0.1) is 6.92 Å². The number of halogens is 1. The molecular weight excluding hydrogens is 382 g/mol. The maximum absolute atomic E-state index is 9.44. The number of aryl methyl sites for hydroxylation is 1. The van der Waals surface area contributed by atoms with E-state index in [-0.39, 0.29) is 5.75 Å². The third-order valence-electron chi connectivity index (χ3n) is 3.81. The Labute approximate surface area is 164 Å². The van der Waals surface area contributed by atoms with Crippen molar-refractivity contribution in [3.8, 4) is 17.1 Å².